The minimum atomic E-state index is -1.04. The van der Waals surface area contributed by atoms with E-state index in [0.29, 0.717) is 6.42 Å². The number of nitrogens with one attached hydrogen (secondary N) is 1. The molecule has 2 atom stereocenters. The van der Waals surface area contributed by atoms with Gasteiger partial charge in [-0.2, -0.15) is 0 Å². The first-order valence-electron chi connectivity index (χ1n) is 9.13. The van der Waals surface area contributed by atoms with E-state index in [-0.39, 0.29) is 29.5 Å². The fourth-order valence-electron chi connectivity index (χ4n) is 4.64. The second-order valence-electron chi connectivity index (χ2n) is 7.67. The second-order valence-corrected chi connectivity index (χ2v) is 7.67. The highest BCUT2D eigenvalue weighted by Gasteiger charge is 2.55. The highest BCUT2D eigenvalue weighted by molar-refractivity contribution is 6.09. The van der Waals surface area contributed by atoms with E-state index in [1.165, 1.54) is 4.90 Å². The number of nitrogens with zero attached hydrogens (tertiary/aromatic N) is 2. The van der Waals surface area contributed by atoms with Gasteiger partial charge in [-0.25, -0.2) is 9.78 Å². The van der Waals surface area contributed by atoms with Gasteiger partial charge in [0.15, 0.2) is 0 Å². The Bertz CT molecular complexity index is 1160. The number of aliphatic carboxylic acids is 1. The highest BCUT2D eigenvalue weighted by atomic mass is 16.4. The van der Waals surface area contributed by atoms with Crippen molar-refractivity contribution in [1.82, 2.24) is 14.9 Å². The number of hydrogen-bond acceptors (Lipinski definition) is 3. The Morgan fingerprint density at radius 1 is 1.30 bits per heavy atom. The van der Waals surface area contributed by atoms with Crippen LogP contribution in [-0.2, 0) is 9.59 Å². The molecule has 2 N–H and O–H groups in total. The Labute approximate surface area is 155 Å². The van der Waals surface area contributed by atoms with E-state index in [9.17, 15) is 14.7 Å². The van der Waals surface area contributed by atoms with E-state index in [0.717, 1.165) is 33.1 Å². The second kappa shape index (κ2) is 5.42. The van der Waals surface area contributed by atoms with Gasteiger partial charge in [0, 0.05) is 22.5 Å². The zero-order chi connectivity index (χ0) is 18.9. The van der Waals surface area contributed by atoms with Crippen LogP contribution in [-0.4, -0.2) is 37.9 Å². The normalized spacial score (nSPS) is 22.0. The molecule has 1 fully saturated rings. The van der Waals surface area contributed by atoms with Crippen LogP contribution in [0.15, 0.2) is 42.2 Å². The summed E-state index contributed by atoms with van der Waals surface area (Å²) in [4.78, 5) is 33.6. The van der Waals surface area contributed by atoms with Crippen LogP contribution in [0.1, 0.15) is 25.8 Å². The molecule has 136 valence electrons. The molecule has 0 unspecified atom stereocenters. The topological polar surface area (TPSA) is 86.3 Å². The highest BCUT2D eigenvalue weighted by Crippen LogP contribution is 2.48. The molecule has 0 spiro atoms. The zero-order valence-corrected chi connectivity index (χ0v) is 15.1. The van der Waals surface area contributed by atoms with Crippen molar-refractivity contribution in [3.8, 4) is 0 Å². The number of β-lactam (4-membered cyclic amide) rings is 1. The molecule has 0 aliphatic carbocycles. The maximum absolute atomic E-state index is 12.5. The average Bonchev–Trinajstić information content (AvgIpc) is 3.16. The Balaban J connectivity index is 1.66. The summed E-state index contributed by atoms with van der Waals surface area (Å²) in [5.74, 6) is -1.00. The Morgan fingerprint density at radius 3 is 2.85 bits per heavy atom. The minimum Gasteiger partial charge on any atom is -0.477 e. The summed E-state index contributed by atoms with van der Waals surface area (Å²) >= 11 is 0. The number of carbonyl (C=O) groups is 2. The lowest BCUT2D eigenvalue weighted by atomic mass is 9.78. The van der Waals surface area contributed by atoms with E-state index in [4.69, 9.17) is 0 Å². The molecule has 1 saturated heterocycles. The van der Waals surface area contributed by atoms with E-state index >= 15 is 0 Å². The van der Waals surface area contributed by atoms with E-state index < -0.39 is 5.97 Å². The van der Waals surface area contributed by atoms with Crippen LogP contribution < -0.4 is 0 Å². The summed E-state index contributed by atoms with van der Waals surface area (Å²) in [6.45, 7) is 4.03. The molecule has 0 bridgehead atoms. The maximum atomic E-state index is 12.5. The molecule has 3 aromatic rings. The fraction of sp³-hybridized carbons (Fsp3) is 0.286. The quantitative estimate of drug-likeness (QED) is 0.700. The van der Waals surface area contributed by atoms with Gasteiger partial charge < -0.3 is 15.0 Å². The van der Waals surface area contributed by atoms with Crippen LogP contribution >= 0.6 is 0 Å². The van der Waals surface area contributed by atoms with Gasteiger partial charge in [0.2, 0.25) is 5.91 Å². The summed E-state index contributed by atoms with van der Waals surface area (Å²) in [5, 5.41) is 11.8. The third-order valence-electron chi connectivity index (χ3n) is 5.85. The molecule has 2 aliphatic heterocycles. The summed E-state index contributed by atoms with van der Waals surface area (Å²) in [7, 11) is 0. The fourth-order valence-corrected chi connectivity index (χ4v) is 4.64. The molecule has 2 aliphatic rings. The molecular weight excluding hydrogens is 342 g/mol. The smallest absolute Gasteiger partial charge is 0.352 e. The number of pyridine rings is 1. The third-order valence-corrected chi connectivity index (χ3v) is 5.85. The molecule has 6 nitrogen and oxygen atoms in total. The standard InChI is InChI=1S/C21H19N3O3/c1-10(2)17-16-9-13(18(21(26)27)24(16)20(17)25)11-5-6-15-14(8-11)12-4-3-7-22-19(12)23-15/h3-8,10,16-17H,9H2,1-2H3,(H,22,23)(H,26,27)/t16-,17-/m1/s1. The van der Waals surface area contributed by atoms with Crippen molar-refractivity contribution in [2.45, 2.75) is 26.3 Å². The number of carboxylic acids is 1. The van der Waals surface area contributed by atoms with Crippen molar-refractivity contribution in [3.05, 3.63) is 47.8 Å². The van der Waals surface area contributed by atoms with Crippen LogP contribution in [0.5, 0.6) is 0 Å². The maximum Gasteiger partial charge on any atom is 0.352 e. The number of carbonyl (C=O) groups excluding carboxylic acids is 1. The van der Waals surface area contributed by atoms with Gasteiger partial charge in [-0.3, -0.25) is 4.79 Å². The number of aromatic amines is 1. The van der Waals surface area contributed by atoms with Crippen LogP contribution in [0.4, 0.5) is 0 Å². The first-order chi connectivity index (χ1) is 13.0. The Morgan fingerprint density at radius 2 is 2.11 bits per heavy atom. The van der Waals surface area contributed by atoms with Gasteiger partial charge in [0.05, 0.1) is 12.0 Å². The van der Waals surface area contributed by atoms with Gasteiger partial charge in [0.1, 0.15) is 11.3 Å². The van der Waals surface area contributed by atoms with Crippen molar-refractivity contribution >= 4 is 39.4 Å². The predicted octanol–water partition coefficient (Wildman–Crippen LogP) is 3.40. The van der Waals surface area contributed by atoms with Gasteiger partial charge in [-0.05, 0) is 47.7 Å². The Kier molecular flexibility index (Phi) is 3.22. The summed E-state index contributed by atoms with van der Waals surface area (Å²) in [5.41, 5.74) is 3.50. The average molecular weight is 361 g/mol. The first kappa shape index (κ1) is 16.1. The van der Waals surface area contributed by atoms with Gasteiger partial charge in [-0.15, -0.1) is 0 Å². The molecule has 2 aromatic heterocycles. The molecule has 0 radical (unpaired) electrons. The number of amides is 1. The molecule has 4 heterocycles. The molecule has 0 saturated carbocycles. The molecule has 1 amide bonds. The summed E-state index contributed by atoms with van der Waals surface area (Å²) in [6.07, 6.45) is 2.33. The van der Waals surface area contributed by atoms with Crippen LogP contribution in [0.25, 0.3) is 27.5 Å². The van der Waals surface area contributed by atoms with Crippen molar-refractivity contribution < 1.29 is 14.7 Å². The largest absolute Gasteiger partial charge is 0.477 e. The van der Waals surface area contributed by atoms with Crippen LogP contribution in [0, 0.1) is 11.8 Å². The number of rotatable bonds is 3. The first-order valence-corrected chi connectivity index (χ1v) is 9.13. The lowest BCUT2D eigenvalue weighted by Gasteiger charge is -2.45. The number of H-pyrrole nitrogens is 1. The molecule has 6 heteroatoms. The van der Waals surface area contributed by atoms with E-state index in [1.54, 1.807) is 6.20 Å². The minimum absolute atomic E-state index is 0.0427. The predicted molar refractivity (Wildman–Crippen MR) is 102 cm³/mol. The van der Waals surface area contributed by atoms with Gasteiger partial charge in [-0.1, -0.05) is 19.9 Å². The molecule has 5 rings (SSSR count). The number of carboxylic acid groups (broad SMARTS) is 1. The van der Waals surface area contributed by atoms with Crippen LogP contribution in [0.2, 0.25) is 0 Å². The monoisotopic (exact) mass is 361 g/mol. The van der Waals surface area contributed by atoms with Gasteiger partial charge >= 0.3 is 5.97 Å². The molecular formula is C21H19N3O3. The lowest BCUT2D eigenvalue weighted by Crippen LogP contribution is -2.60. The van der Waals surface area contributed by atoms with E-state index in [1.807, 2.05) is 44.2 Å². The number of aromatic nitrogens is 2. The number of fused-ring (bicyclic) bond motifs is 4. The van der Waals surface area contributed by atoms with E-state index in [2.05, 4.69) is 9.97 Å². The molecule has 1 aromatic carbocycles. The number of benzene rings is 1. The van der Waals surface area contributed by atoms with Crippen molar-refractivity contribution in [2.24, 2.45) is 11.8 Å². The third kappa shape index (κ3) is 2.10. The SMILES string of the molecule is CC(C)[C@H]1C(=O)N2C(C(=O)O)=C(c3ccc4[nH]c5ncccc5c4c3)C[C@H]12. The van der Waals surface area contributed by atoms with Crippen molar-refractivity contribution in [1.29, 1.82) is 0 Å². The van der Waals surface area contributed by atoms with Crippen molar-refractivity contribution in [2.75, 3.05) is 0 Å². The zero-order valence-electron chi connectivity index (χ0n) is 15.1. The van der Waals surface area contributed by atoms with Crippen LogP contribution in [0.3, 0.4) is 0 Å². The lowest BCUT2D eigenvalue weighted by molar-refractivity contribution is -0.157. The number of hydrogen-bond donors (Lipinski definition) is 2. The summed E-state index contributed by atoms with van der Waals surface area (Å²) in [6, 6.07) is 9.73. The van der Waals surface area contributed by atoms with Crippen molar-refractivity contribution in [3.63, 3.8) is 0 Å². The summed E-state index contributed by atoms with van der Waals surface area (Å²) < 4.78 is 0. The van der Waals surface area contributed by atoms with Gasteiger partial charge in [0.25, 0.3) is 0 Å². The molecule has 27 heavy (non-hydrogen) atoms. The Hall–Kier alpha value is -3.15.